The summed E-state index contributed by atoms with van der Waals surface area (Å²) in [6.45, 7) is 0. The molecule has 0 aromatic heterocycles. The van der Waals surface area contributed by atoms with Gasteiger partial charge < -0.3 is 11.1 Å². The normalized spacial score (nSPS) is 23.3. The summed E-state index contributed by atoms with van der Waals surface area (Å²) in [5, 5.41) is 1.93. The number of hydrogen-bond acceptors (Lipinski definition) is 2. The van der Waals surface area contributed by atoms with E-state index in [0.717, 1.165) is 11.1 Å². The van der Waals surface area contributed by atoms with Gasteiger partial charge in [0.15, 0.2) is 0 Å². The topological polar surface area (TPSA) is 55.1 Å². The molecule has 2 unspecified atom stereocenters. The number of carbonyl (C=O) groups is 1. The highest BCUT2D eigenvalue weighted by atomic mass is 19.4. The smallest absolute Gasteiger partial charge is 0.343 e. The maximum atomic E-state index is 12.1. The minimum absolute atomic E-state index is 0.332. The third kappa shape index (κ3) is 2.26. The molecule has 1 amide bonds. The average Bonchev–Trinajstić information content (AvgIpc) is 2.55. The number of nitrogens with one attached hydrogen (secondary N) is 1. The second-order valence-electron chi connectivity index (χ2n) is 4.01. The van der Waals surface area contributed by atoms with E-state index in [0.29, 0.717) is 6.42 Å². The molecular formula is C11H11F3N2O. The quantitative estimate of drug-likeness (QED) is 0.782. The van der Waals surface area contributed by atoms with E-state index in [4.69, 9.17) is 5.73 Å². The maximum absolute atomic E-state index is 12.1. The van der Waals surface area contributed by atoms with Gasteiger partial charge in [-0.2, -0.15) is 13.2 Å². The Morgan fingerprint density at radius 3 is 2.59 bits per heavy atom. The van der Waals surface area contributed by atoms with Gasteiger partial charge in [0.05, 0.1) is 12.1 Å². The van der Waals surface area contributed by atoms with Gasteiger partial charge in [-0.3, -0.25) is 4.79 Å². The Labute approximate surface area is 95.8 Å². The van der Waals surface area contributed by atoms with Crippen LogP contribution in [0.15, 0.2) is 24.3 Å². The summed E-state index contributed by atoms with van der Waals surface area (Å²) < 4.78 is 36.3. The van der Waals surface area contributed by atoms with Crippen LogP contribution in [0.2, 0.25) is 0 Å². The van der Waals surface area contributed by atoms with Crippen molar-refractivity contribution in [2.75, 3.05) is 0 Å². The van der Waals surface area contributed by atoms with Gasteiger partial charge in [0.2, 0.25) is 0 Å². The molecule has 6 heteroatoms. The molecule has 1 aliphatic carbocycles. The third-order valence-corrected chi connectivity index (χ3v) is 2.86. The van der Waals surface area contributed by atoms with Crippen molar-refractivity contribution in [3.8, 4) is 0 Å². The van der Waals surface area contributed by atoms with Crippen LogP contribution in [0, 0.1) is 0 Å². The molecule has 0 heterocycles. The molecule has 3 nitrogen and oxygen atoms in total. The molecule has 0 radical (unpaired) electrons. The van der Waals surface area contributed by atoms with Gasteiger partial charge in [-0.15, -0.1) is 0 Å². The first-order chi connectivity index (χ1) is 7.89. The van der Waals surface area contributed by atoms with Crippen molar-refractivity contribution in [2.24, 2.45) is 5.73 Å². The van der Waals surface area contributed by atoms with Crippen LogP contribution in [0.5, 0.6) is 0 Å². The van der Waals surface area contributed by atoms with E-state index in [9.17, 15) is 18.0 Å². The molecule has 1 aromatic carbocycles. The molecule has 2 atom stereocenters. The number of nitrogens with two attached hydrogens (primary N) is 1. The number of benzene rings is 1. The van der Waals surface area contributed by atoms with E-state index in [2.05, 4.69) is 0 Å². The number of carbonyl (C=O) groups excluding carboxylic acids is 1. The number of hydrogen-bond donors (Lipinski definition) is 2. The first kappa shape index (κ1) is 11.9. The zero-order valence-electron chi connectivity index (χ0n) is 8.79. The molecule has 0 bridgehead atoms. The van der Waals surface area contributed by atoms with Crippen molar-refractivity contribution in [3.63, 3.8) is 0 Å². The fourth-order valence-corrected chi connectivity index (χ4v) is 2.02. The largest absolute Gasteiger partial charge is 0.471 e. The Kier molecular flexibility index (Phi) is 2.82. The van der Waals surface area contributed by atoms with Crippen molar-refractivity contribution in [1.29, 1.82) is 0 Å². The lowest BCUT2D eigenvalue weighted by atomic mass is 10.1. The van der Waals surface area contributed by atoms with Crippen molar-refractivity contribution in [3.05, 3.63) is 35.4 Å². The van der Waals surface area contributed by atoms with Crippen molar-refractivity contribution >= 4 is 5.91 Å². The third-order valence-electron chi connectivity index (χ3n) is 2.86. The van der Waals surface area contributed by atoms with Gasteiger partial charge in [-0.1, -0.05) is 24.3 Å². The van der Waals surface area contributed by atoms with E-state index >= 15 is 0 Å². The molecule has 0 fully saturated rings. The first-order valence-corrected chi connectivity index (χ1v) is 5.10. The highest BCUT2D eigenvalue weighted by Gasteiger charge is 2.42. The van der Waals surface area contributed by atoms with Gasteiger partial charge in [0.1, 0.15) is 0 Å². The fourth-order valence-electron chi connectivity index (χ4n) is 2.02. The summed E-state index contributed by atoms with van der Waals surface area (Å²) in [5.74, 6) is -1.94. The lowest BCUT2D eigenvalue weighted by Crippen LogP contribution is -2.46. The van der Waals surface area contributed by atoms with Crippen molar-refractivity contribution in [1.82, 2.24) is 5.32 Å². The van der Waals surface area contributed by atoms with Gasteiger partial charge in [0, 0.05) is 0 Å². The summed E-state index contributed by atoms with van der Waals surface area (Å²) in [5.41, 5.74) is 7.47. The molecule has 0 saturated heterocycles. The molecular weight excluding hydrogens is 233 g/mol. The summed E-state index contributed by atoms with van der Waals surface area (Å²) in [6, 6.07) is 5.85. The second-order valence-corrected chi connectivity index (χ2v) is 4.01. The Morgan fingerprint density at radius 1 is 1.35 bits per heavy atom. The van der Waals surface area contributed by atoms with Crippen molar-refractivity contribution in [2.45, 2.75) is 24.7 Å². The van der Waals surface area contributed by atoms with Crippen LogP contribution in [0.3, 0.4) is 0 Å². The predicted octanol–water partition coefficient (Wildman–Crippen LogP) is 1.29. The van der Waals surface area contributed by atoms with E-state index < -0.39 is 24.2 Å². The highest BCUT2D eigenvalue weighted by molar-refractivity contribution is 5.82. The summed E-state index contributed by atoms with van der Waals surface area (Å²) >= 11 is 0. The summed E-state index contributed by atoms with van der Waals surface area (Å²) in [6.07, 6.45) is -4.53. The van der Waals surface area contributed by atoms with Gasteiger partial charge in [-0.05, 0) is 17.5 Å². The SMILES string of the molecule is NC1c2ccccc2CC1NC(=O)C(F)(F)F. The van der Waals surface area contributed by atoms with E-state index in [1.54, 1.807) is 24.3 Å². The maximum Gasteiger partial charge on any atom is 0.471 e. The number of alkyl halides is 3. The number of rotatable bonds is 1. The average molecular weight is 244 g/mol. The van der Waals surface area contributed by atoms with Crippen LogP contribution in [0.1, 0.15) is 17.2 Å². The minimum Gasteiger partial charge on any atom is -0.343 e. The number of fused-ring (bicyclic) bond motifs is 1. The molecule has 17 heavy (non-hydrogen) atoms. The Balaban J connectivity index is 2.11. The monoisotopic (exact) mass is 244 g/mol. The molecule has 92 valence electrons. The van der Waals surface area contributed by atoms with E-state index in [1.807, 2.05) is 5.32 Å². The molecule has 3 N–H and O–H groups in total. The van der Waals surface area contributed by atoms with Crippen molar-refractivity contribution < 1.29 is 18.0 Å². The number of amides is 1. The van der Waals surface area contributed by atoms with Gasteiger partial charge in [0.25, 0.3) is 0 Å². The molecule has 0 saturated carbocycles. The number of halogens is 3. The van der Waals surface area contributed by atoms with Crippen LogP contribution < -0.4 is 11.1 Å². The lowest BCUT2D eigenvalue weighted by molar-refractivity contribution is -0.174. The van der Waals surface area contributed by atoms with Gasteiger partial charge >= 0.3 is 12.1 Å². The van der Waals surface area contributed by atoms with E-state index in [1.165, 1.54) is 0 Å². The fraction of sp³-hybridized carbons (Fsp3) is 0.364. The van der Waals surface area contributed by atoms with Gasteiger partial charge in [-0.25, -0.2) is 0 Å². The lowest BCUT2D eigenvalue weighted by Gasteiger charge is -2.18. The highest BCUT2D eigenvalue weighted by Crippen LogP contribution is 2.30. The molecule has 1 aliphatic rings. The molecule has 0 spiro atoms. The summed E-state index contributed by atoms with van der Waals surface area (Å²) in [7, 11) is 0. The van der Waals surface area contributed by atoms with Crippen LogP contribution >= 0.6 is 0 Å². The Hall–Kier alpha value is -1.56. The predicted molar refractivity (Wildman–Crippen MR) is 55.1 cm³/mol. The summed E-state index contributed by atoms with van der Waals surface area (Å²) in [4.78, 5) is 10.8. The molecule has 1 aromatic rings. The second kappa shape index (κ2) is 4.03. The molecule has 2 rings (SSSR count). The zero-order valence-corrected chi connectivity index (χ0v) is 8.79. The van der Waals surface area contributed by atoms with Crippen LogP contribution in [-0.4, -0.2) is 18.1 Å². The standard InChI is InChI=1S/C11H11F3N2O/c12-11(13,14)10(17)16-8-5-6-3-1-2-4-7(6)9(8)15/h1-4,8-9H,5,15H2,(H,16,17). The zero-order chi connectivity index (χ0) is 12.6. The van der Waals surface area contributed by atoms with Crippen LogP contribution in [0.4, 0.5) is 13.2 Å². The minimum atomic E-state index is -4.87. The Bertz CT molecular complexity index is 445. The first-order valence-electron chi connectivity index (χ1n) is 5.10. The van der Waals surface area contributed by atoms with Crippen LogP contribution in [0.25, 0.3) is 0 Å². The Morgan fingerprint density at radius 2 is 2.00 bits per heavy atom. The molecule has 0 aliphatic heterocycles. The van der Waals surface area contributed by atoms with E-state index in [-0.39, 0.29) is 0 Å². The van der Waals surface area contributed by atoms with Crippen LogP contribution in [-0.2, 0) is 11.2 Å².